The molecule has 0 radical (unpaired) electrons. The zero-order valence-corrected chi connectivity index (χ0v) is 18.1. The monoisotopic (exact) mass is 449 g/mol. The molecule has 3 aromatic carbocycles. The minimum atomic E-state index is -0.597. The zero-order valence-electron chi connectivity index (χ0n) is 16.6. The van der Waals surface area contributed by atoms with Crippen LogP contribution in [-0.4, -0.2) is 23.3 Å². The average molecular weight is 450 g/mol. The molecule has 0 saturated heterocycles. The molecule has 0 atom stereocenters. The lowest BCUT2D eigenvalue weighted by molar-refractivity contribution is 0.0476. The number of hydrogen-bond acceptors (Lipinski definition) is 4. The van der Waals surface area contributed by atoms with Crippen molar-refractivity contribution in [2.45, 2.75) is 6.92 Å². The molecule has 0 fully saturated rings. The lowest BCUT2D eigenvalue weighted by Crippen LogP contribution is -2.15. The van der Waals surface area contributed by atoms with E-state index < -0.39 is 12.6 Å². The molecule has 4 rings (SSSR count). The zero-order chi connectivity index (χ0) is 22.0. The Balaban J connectivity index is 1.63. The highest BCUT2D eigenvalue weighted by Gasteiger charge is 2.17. The van der Waals surface area contributed by atoms with Gasteiger partial charge in [-0.15, -0.1) is 0 Å². The third-order valence-electron chi connectivity index (χ3n) is 4.86. The van der Waals surface area contributed by atoms with Crippen LogP contribution in [0.5, 0.6) is 0 Å². The van der Waals surface area contributed by atoms with Gasteiger partial charge in [-0.2, -0.15) is 0 Å². The number of ketones is 1. The van der Waals surface area contributed by atoms with Gasteiger partial charge in [0.25, 0.3) is 0 Å². The smallest absolute Gasteiger partial charge is 0.339 e. The number of esters is 1. The van der Waals surface area contributed by atoms with E-state index in [-0.39, 0.29) is 10.8 Å². The molecule has 0 bridgehead atoms. The van der Waals surface area contributed by atoms with Gasteiger partial charge in [0, 0.05) is 16.5 Å². The van der Waals surface area contributed by atoms with Gasteiger partial charge >= 0.3 is 5.97 Å². The number of nitrogens with zero attached hydrogens (tertiary/aromatic N) is 1. The van der Waals surface area contributed by atoms with Crippen LogP contribution in [0.1, 0.15) is 26.3 Å². The minimum Gasteiger partial charge on any atom is -0.454 e. The average Bonchev–Trinajstić information content (AvgIpc) is 2.78. The van der Waals surface area contributed by atoms with Crippen molar-refractivity contribution in [2.75, 3.05) is 6.61 Å². The Bertz CT molecular complexity index is 1300. The number of para-hydroxylation sites is 1. The van der Waals surface area contributed by atoms with Gasteiger partial charge < -0.3 is 4.74 Å². The highest BCUT2D eigenvalue weighted by molar-refractivity contribution is 6.42. The van der Waals surface area contributed by atoms with E-state index in [9.17, 15) is 9.59 Å². The highest BCUT2D eigenvalue weighted by atomic mass is 35.5. The van der Waals surface area contributed by atoms with Crippen LogP contribution in [-0.2, 0) is 4.74 Å². The first kappa shape index (κ1) is 21.0. The molecule has 154 valence electrons. The van der Waals surface area contributed by atoms with Gasteiger partial charge in [-0.3, -0.25) is 4.79 Å². The van der Waals surface area contributed by atoms with Gasteiger partial charge in [0.1, 0.15) is 0 Å². The van der Waals surface area contributed by atoms with Crippen molar-refractivity contribution in [1.29, 1.82) is 0 Å². The molecule has 0 N–H and O–H groups in total. The Morgan fingerprint density at radius 1 is 0.903 bits per heavy atom. The van der Waals surface area contributed by atoms with Gasteiger partial charge in [-0.05, 0) is 37.3 Å². The van der Waals surface area contributed by atoms with Crippen LogP contribution >= 0.6 is 23.2 Å². The number of aryl methyl sites for hydroxylation is 1. The predicted octanol–water partition coefficient (Wildman–Crippen LogP) is 6.56. The summed E-state index contributed by atoms with van der Waals surface area (Å²) in [6.45, 7) is 1.60. The van der Waals surface area contributed by atoms with Crippen molar-refractivity contribution < 1.29 is 14.3 Å². The van der Waals surface area contributed by atoms with Crippen LogP contribution in [0.4, 0.5) is 0 Å². The molecule has 4 nitrogen and oxygen atoms in total. The second-order valence-corrected chi connectivity index (χ2v) is 7.88. The summed E-state index contributed by atoms with van der Waals surface area (Å²) in [6, 6.07) is 21.4. The summed E-state index contributed by atoms with van der Waals surface area (Å²) in [5.74, 6) is -0.968. The van der Waals surface area contributed by atoms with Crippen molar-refractivity contribution in [1.82, 2.24) is 4.98 Å². The summed E-state index contributed by atoms with van der Waals surface area (Å²) in [7, 11) is 0. The number of benzene rings is 3. The van der Waals surface area contributed by atoms with Gasteiger partial charge in [-0.1, -0.05) is 71.2 Å². The molecule has 0 aliphatic rings. The largest absolute Gasteiger partial charge is 0.454 e. The normalized spacial score (nSPS) is 10.8. The maximum Gasteiger partial charge on any atom is 0.339 e. The lowest BCUT2D eigenvalue weighted by Gasteiger charge is -2.10. The fraction of sp³-hybridized carbons (Fsp3) is 0.0800. The molecule has 0 saturated carbocycles. The van der Waals surface area contributed by atoms with Crippen LogP contribution in [0.25, 0.3) is 22.2 Å². The van der Waals surface area contributed by atoms with E-state index in [0.717, 1.165) is 11.1 Å². The van der Waals surface area contributed by atoms with Gasteiger partial charge in [0.15, 0.2) is 12.4 Å². The van der Waals surface area contributed by atoms with E-state index in [1.165, 1.54) is 12.1 Å². The number of halogens is 2. The number of fused-ring (bicyclic) bond motifs is 1. The number of carbonyl (C=O) groups excluding carboxylic acids is 2. The van der Waals surface area contributed by atoms with Crippen LogP contribution in [0, 0.1) is 6.92 Å². The summed E-state index contributed by atoms with van der Waals surface area (Å²) >= 11 is 11.9. The van der Waals surface area contributed by atoms with Crippen LogP contribution < -0.4 is 0 Å². The maximum absolute atomic E-state index is 12.9. The first-order valence-corrected chi connectivity index (χ1v) is 10.3. The summed E-state index contributed by atoms with van der Waals surface area (Å²) in [5, 5.41) is 1.27. The summed E-state index contributed by atoms with van der Waals surface area (Å²) < 4.78 is 5.34. The van der Waals surface area contributed by atoms with E-state index in [4.69, 9.17) is 27.9 Å². The van der Waals surface area contributed by atoms with Crippen molar-refractivity contribution in [3.8, 4) is 11.3 Å². The number of aromatic nitrogens is 1. The highest BCUT2D eigenvalue weighted by Crippen LogP contribution is 2.26. The van der Waals surface area contributed by atoms with E-state index in [0.29, 0.717) is 32.7 Å². The van der Waals surface area contributed by atoms with Crippen LogP contribution in [0.2, 0.25) is 10.0 Å². The maximum atomic E-state index is 12.9. The first-order valence-electron chi connectivity index (χ1n) is 9.54. The molecule has 0 aliphatic carbocycles. The Hall–Kier alpha value is -3.21. The second kappa shape index (κ2) is 8.88. The van der Waals surface area contributed by atoms with E-state index in [2.05, 4.69) is 4.98 Å². The molecule has 0 unspecified atom stereocenters. The Labute approximate surface area is 189 Å². The third kappa shape index (κ3) is 4.61. The Kier molecular flexibility index (Phi) is 6.03. The number of pyridine rings is 1. The van der Waals surface area contributed by atoms with Crippen molar-refractivity contribution >= 4 is 45.9 Å². The van der Waals surface area contributed by atoms with Crippen molar-refractivity contribution in [3.63, 3.8) is 0 Å². The molecule has 0 aliphatic heterocycles. The van der Waals surface area contributed by atoms with Crippen molar-refractivity contribution in [2.24, 2.45) is 0 Å². The standard InChI is InChI=1S/C25H17Cl2NO3/c1-15-6-8-16(9-7-15)23-13-19(18-4-2-3-5-22(18)28-23)25(30)31-14-24(29)17-10-11-20(26)21(27)12-17/h2-13H,14H2,1H3. The predicted molar refractivity (Wildman–Crippen MR) is 123 cm³/mol. The lowest BCUT2D eigenvalue weighted by atomic mass is 10.0. The van der Waals surface area contributed by atoms with E-state index in [1.807, 2.05) is 49.4 Å². The number of hydrogen-bond donors (Lipinski definition) is 0. The number of rotatable bonds is 5. The molecule has 31 heavy (non-hydrogen) atoms. The van der Waals surface area contributed by atoms with Gasteiger partial charge in [-0.25, -0.2) is 9.78 Å². The molecule has 0 amide bonds. The number of carbonyl (C=O) groups is 2. The summed E-state index contributed by atoms with van der Waals surface area (Å²) in [5.41, 5.74) is 4.01. The van der Waals surface area contributed by atoms with Gasteiger partial charge in [0.2, 0.25) is 0 Å². The molecule has 6 heteroatoms. The number of ether oxygens (including phenoxy) is 1. The van der Waals surface area contributed by atoms with Gasteiger partial charge in [0.05, 0.1) is 26.8 Å². The topological polar surface area (TPSA) is 56.3 Å². The second-order valence-electron chi connectivity index (χ2n) is 7.07. The summed E-state index contributed by atoms with van der Waals surface area (Å²) in [6.07, 6.45) is 0. The Morgan fingerprint density at radius 2 is 1.65 bits per heavy atom. The Morgan fingerprint density at radius 3 is 2.39 bits per heavy atom. The SMILES string of the molecule is Cc1ccc(-c2cc(C(=O)OCC(=O)c3ccc(Cl)c(Cl)c3)c3ccccc3n2)cc1. The first-order chi connectivity index (χ1) is 14.9. The molecule has 1 aromatic heterocycles. The summed E-state index contributed by atoms with van der Waals surface area (Å²) in [4.78, 5) is 30.0. The number of Topliss-reactive ketones (excluding diaryl/α,β-unsaturated/α-hetero) is 1. The fourth-order valence-electron chi connectivity index (χ4n) is 3.18. The minimum absolute atomic E-state index is 0.265. The molecule has 4 aromatic rings. The fourth-order valence-corrected chi connectivity index (χ4v) is 3.48. The molecule has 0 spiro atoms. The van der Waals surface area contributed by atoms with Crippen molar-refractivity contribution in [3.05, 3.63) is 99.5 Å². The van der Waals surface area contributed by atoms with E-state index in [1.54, 1.807) is 18.2 Å². The molecular weight excluding hydrogens is 433 g/mol. The molecular formula is C25H17Cl2NO3. The van der Waals surface area contributed by atoms with Crippen LogP contribution in [0.3, 0.4) is 0 Å². The van der Waals surface area contributed by atoms with Crippen LogP contribution in [0.15, 0.2) is 72.8 Å². The van der Waals surface area contributed by atoms with E-state index >= 15 is 0 Å². The third-order valence-corrected chi connectivity index (χ3v) is 5.60. The quantitative estimate of drug-likeness (QED) is 0.255. The molecule has 1 heterocycles.